The molecule has 2 fully saturated rings. The van der Waals surface area contributed by atoms with Crippen molar-refractivity contribution in [1.29, 1.82) is 0 Å². The lowest BCUT2D eigenvalue weighted by molar-refractivity contribution is 0.0487. The summed E-state index contributed by atoms with van der Waals surface area (Å²) < 4.78 is 5.34. The van der Waals surface area contributed by atoms with Gasteiger partial charge in [-0.15, -0.1) is 0 Å². The smallest absolute Gasteiger partial charge is 0.407 e. The van der Waals surface area contributed by atoms with Crippen LogP contribution in [-0.2, 0) is 11.3 Å². The number of ether oxygens (including phenoxy) is 1. The zero-order valence-electron chi connectivity index (χ0n) is 15.1. The van der Waals surface area contributed by atoms with Gasteiger partial charge in [-0.05, 0) is 57.9 Å². The van der Waals surface area contributed by atoms with E-state index in [0.717, 1.165) is 13.1 Å². The van der Waals surface area contributed by atoms with Crippen molar-refractivity contribution >= 4 is 6.09 Å². The Balaban J connectivity index is 1.49. The van der Waals surface area contributed by atoms with Crippen molar-refractivity contribution in [3.05, 3.63) is 35.9 Å². The lowest BCUT2D eigenvalue weighted by atomic mass is 9.90. The van der Waals surface area contributed by atoms with Crippen LogP contribution in [0.5, 0.6) is 0 Å². The van der Waals surface area contributed by atoms with E-state index in [-0.39, 0.29) is 6.09 Å². The maximum absolute atomic E-state index is 11.8. The molecule has 0 radical (unpaired) electrons. The highest BCUT2D eigenvalue weighted by molar-refractivity contribution is 5.67. The van der Waals surface area contributed by atoms with Gasteiger partial charge in [-0.25, -0.2) is 4.79 Å². The van der Waals surface area contributed by atoms with Crippen molar-refractivity contribution in [2.24, 2.45) is 5.92 Å². The minimum Gasteiger partial charge on any atom is -0.444 e. The number of piperidine rings is 1. The first kappa shape index (κ1) is 17.3. The molecule has 3 rings (SSSR count). The Morgan fingerprint density at radius 1 is 1.17 bits per heavy atom. The first-order chi connectivity index (χ1) is 11.4. The third-order valence-corrected chi connectivity index (χ3v) is 5.12. The standard InChI is InChI=1S/C20H30N2O2/c1-20(2,3)24-19(23)21-13-16-11-17-9-10-18(12-16)22(17)14-15-7-5-4-6-8-15/h4-8,16-18H,9-14H2,1-3H3,(H,21,23). The van der Waals surface area contributed by atoms with E-state index >= 15 is 0 Å². The molecule has 2 unspecified atom stereocenters. The van der Waals surface area contributed by atoms with Crippen LogP contribution in [0.3, 0.4) is 0 Å². The molecule has 1 N–H and O–H groups in total. The van der Waals surface area contributed by atoms with Gasteiger partial charge in [-0.1, -0.05) is 30.3 Å². The van der Waals surface area contributed by atoms with Gasteiger partial charge >= 0.3 is 6.09 Å². The summed E-state index contributed by atoms with van der Waals surface area (Å²) in [6.07, 6.45) is 4.65. The first-order valence-electron chi connectivity index (χ1n) is 9.17. The average Bonchev–Trinajstić information content (AvgIpc) is 2.75. The summed E-state index contributed by atoms with van der Waals surface area (Å²) in [5, 5.41) is 2.96. The second-order valence-electron chi connectivity index (χ2n) is 8.26. The van der Waals surface area contributed by atoms with Crippen LogP contribution >= 0.6 is 0 Å². The van der Waals surface area contributed by atoms with E-state index in [2.05, 4.69) is 40.5 Å². The predicted molar refractivity (Wildman–Crippen MR) is 95.8 cm³/mol. The number of carbonyl (C=O) groups excluding carboxylic acids is 1. The highest BCUT2D eigenvalue weighted by Gasteiger charge is 2.40. The molecule has 132 valence electrons. The number of rotatable bonds is 4. The van der Waals surface area contributed by atoms with Crippen LogP contribution in [0.1, 0.15) is 52.0 Å². The van der Waals surface area contributed by atoms with Crippen LogP contribution in [0.25, 0.3) is 0 Å². The fraction of sp³-hybridized carbons (Fsp3) is 0.650. The second kappa shape index (κ2) is 7.14. The summed E-state index contributed by atoms with van der Waals surface area (Å²) in [5.74, 6) is 0.571. The van der Waals surface area contributed by atoms with Crippen LogP contribution < -0.4 is 5.32 Å². The Bertz CT molecular complexity index is 539. The molecule has 2 atom stereocenters. The molecule has 2 aliphatic rings. The number of amides is 1. The highest BCUT2D eigenvalue weighted by atomic mass is 16.6. The van der Waals surface area contributed by atoms with Crippen molar-refractivity contribution in [3.63, 3.8) is 0 Å². The summed E-state index contributed by atoms with van der Waals surface area (Å²) in [5.41, 5.74) is 0.974. The van der Waals surface area contributed by atoms with Crippen LogP contribution in [0, 0.1) is 5.92 Å². The molecule has 2 bridgehead atoms. The van der Waals surface area contributed by atoms with E-state index in [1.54, 1.807) is 0 Å². The molecular formula is C20H30N2O2. The van der Waals surface area contributed by atoms with Crippen molar-refractivity contribution < 1.29 is 9.53 Å². The molecule has 2 saturated heterocycles. The molecule has 0 aliphatic carbocycles. The summed E-state index contributed by atoms with van der Waals surface area (Å²) in [6, 6.07) is 12.1. The largest absolute Gasteiger partial charge is 0.444 e. The first-order valence-corrected chi connectivity index (χ1v) is 9.17. The number of benzene rings is 1. The molecule has 4 nitrogen and oxygen atoms in total. The van der Waals surface area contributed by atoms with Gasteiger partial charge in [0.15, 0.2) is 0 Å². The maximum Gasteiger partial charge on any atom is 0.407 e. The molecule has 0 saturated carbocycles. The fourth-order valence-electron chi connectivity index (χ4n) is 4.15. The molecule has 0 spiro atoms. The molecule has 0 aromatic heterocycles. The SMILES string of the molecule is CC(C)(C)OC(=O)NCC1CC2CCC(C1)N2Cc1ccccc1. The van der Waals surface area contributed by atoms with Gasteiger partial charge in [0.2, 0.25) is 0 Å². The molecular weight excluding hydrogens is 300 g/mol. The Hall–Kier alpha value is -1.55. The summed E-state index contributed by atoms with van der Waals surface area (Å²) >= 11 is 0. The van der Waals surface area contributed by atoms with E-state index in [4.69, 9.17) is 4.74 Å². The van der Waals surface area contributed by atoms with Crippen LogP contribution in [-0.4, -0.2) is 35.2 Å². The van der Waals surface area contributed by atoms with Crippen LogP contribution in [0.15, 0.2) is 30.3 Å². The van der Waals surface area contributed by atoms with Crippen molar-refractivity contribution in [3.8, 4) is 0 Å². The van der Waals surface area contributed by atoms with E-state index in [0.29, 0.717) is 18.0 Å². The molecule has 1 aromatic carbocycles. The molecule has 1 aromatic rings. The van der Waals surface area contributed by atoms with E-state index < -0.39 is 5.60 Å². The summed E-state index contributed by atoms with van der Waals surface area (Å²) in [7, 11) is 0. The Morgan fingerprint density at radius 3 is 2.38 bits per heavy atom. The molecule has 1 amide bonds. The molecule has 2 heterocycles. The number of nitrogens with one attached hydrogen (secondary N) is 1. The zero-order chi connectivity index (χ0) is 17.2. The Morgan fingerprint density at radius 2 is 1.79 bits per heavy atom. The maximum atomic E-state index is 11.8. The van der Waals surface area contributed by atoms with Crippen LogP contribution in [0.4, 0.5) is 4.79 Å². The summed E-state index contributed by atoms with van der Waals surface area (Å²) in [6.45, 7) is 7.49. The Labute approximate surface area is 145 Å². The van der Waals surface area contributed by atoms with Gasteiger partial charge in [-0.3, -0.25) is 4.90 Å². The lowest BCUT2D eigenvalue weighted by Gasteiger charge is -2.39. The quantitative estimate of drug-likeness (QED) is 0.909. The van der Waals surface area contributed by atoms with E-state index in [9.17, 15) is 4.79 Å². The van der Waals surface area contributed by atoms with E-state index in [1.807, 2.05) is 20.8 Å². The number of fused-ring (bicyclic) bond motifs is 2. The van der Waals surface area contributed by atoms with Gasteiger partial charge in [0.25, 0.3) is 0 Å². The lowest BCUT2D eigenvalue weighted by Crippen LogP contribution is -2.45. The van der Waals surface area contributed by atoms with Crippen molar-refractivity contribution in [2.45, 2.75) is 70.7 Å². The minimum atomic E-state index is -0.428. The minimum absolute atomic E-state index is 0.290. The van der Waals surface area contributed by atoms with Gasteiger partial charge in [0, 0.05) is 25.2 Å². The number of hydrogen-bond acceptors (Lipinski definition) is 3. The highest BCUT2D eigenvalue weighted by Crippen LogP contribution is 2.39. The third kappa shape index (κ3) is 4.50. The second-order valence-corrected chi connectivity index (χ2v) is 8.26. The van der Waals surface area contributed by atoms with Gasteiger partial charge in [-0.2, -0.15) is 0 Å². The third-order valence-electron chi connectivity index (χ3n) is 5.12. The molecule has 4 heteroatoms. The normalized spacial score (nSPS) is 27.0. The number of nitrogens with zero attached hydrogens (tertiary/aromatic N) is 1. The summed E-state index contributed by atoms with van der Waals surface area (Å²) in [4.78, 5) is 14.5. The van der Waals surface area contributed by atoms with Gasteiger partial charge in [0.05, 0.1) is 0 Å². The number of hydrogen-bond donors (Lipinski definition) is 1. The molecule has 2 aliphatic heterocycles. The fourth-order valence-corrected chi connectivity index (χ4v) is 4.15. The van der Waals surface area contributed by atoms with Gasteiger partial charge < -0.3 is 10.1 Å². The average molecular weight is 330 g/mol. The number of carbonyl (C=O) groups is 1. The topological polar surface area (TPSA) is 41.6 Å². The van der Waals surface area contributed by atoms with Crippen LogP contribution in [0.2, 0.25) is 0 Å². The zero-order valence-corrected chi connectivity index (χ0v) is 15.1. The number of alkyl carbamates (subject to hydrolysis) is 1. The van der Waals surface area contributed by atoms with E-state index in [1.165, 1.54) is 31.2 Å². The predicted octanol–water partition coefficient (Wildman–Crippen LogP) is 3.95. The monoisotopic (exact) mass is 330 g/mol. The molecule has 24 heavy (non-hydrogen) atoms. The van der Waals surface area contributed by atoms with Gasteiger partial charge in [0.1, 0.15) is 5.60 Å². The van der Waals surface area contributed by atoms with Crippen molar-refractivity contribution in [1.82, 2.24) is 10.2 Å². The van der Waals surface area contributed by atoms with Crippen molar-refractivity contribution in [2.75, 3.05) is 6.54 Å². The Kier molecular flexibility index (Phi) is 5.14.